The summed E-state index contributed by atoms with van der Waals surface area (Å²) in [5.41, 5.74) is 1.12. The third kappa shape index (κ3) is 6.06. The number of hydrogen-bond donors (Lipinski definition) is 1. The number of benzene rings is 1. The molecule has 20 heavy (non-hydrogen) atoms. The van der Waals surface area contributed by atoms with Gasteiger partial charge in [-0.05, 0) is 30.5 Å². The van der Waals surface area contributed by atoms with Gasteiger partial charge in [-0.2, -0.15) is 0 Å². The second kappa shape index (κ2) is 8.59. The Morgan fingerprint density at radius 2 is 1.90 bits per heavy atom. The number of nitrogens with zero attached hydrogens (tertiary/aromatic N) is 1. The number of nitrogens with one attached hydrogen (secondary N) is 1. The summed E-state index contributed by atoms with van der Waals surface area (Å²) >= 11 is 5.81. The molecular weight excluding hydrogens is 276 g/mol. The standard InChI is InChI=1S/C15H21ClN2O2/c1-3-10-18(12(2)19)11-15(20)17-9-8-13-4-6-14(16)7-5-13/h4-7H,3,8-11H2,1-2H3,(H,17,20). The number of halogens is 1. The molecule has 0 spiro atoms. The summed E-state index contributed by atoms with van der Waals surface area (Å²) in [6.45, 7) is 4.76. The van der Waals surface area contributed by atoms with Crippen LogP contribution in [0.1, 0.15) is 25.8 Å². The Balaban J connectivity index is 2.32. The van der Waals surface area contributed by atoms with Crippen LogP contribution in [-0.4, -0.2) is 36.3 Å². The minimum atomic E-state index is -0.123. The largest absolute Gasteiger partial charge is 0.354 e. The Kier molecular flexibility index (Phi) is 7.09. The molecule has 0 unspecified atom stereocenters. The summed E-state index contributed by atoms with van der Waals surface area (Å²) in [6, 6.07) is 7.54. The Hall–Kier alpha value is -1.55. The van der Waals surface area contributed by atoms with E-state index in [0.29, 0.717) is 18.1 Å². The van der Waals surface area contributed by atoms with E-state index >= 15 is 0 Å². The van der Waals surface area contributed by atoms with Crippen LogP contribution in [0.2, 0.25) is 5.02 Å². The summed E-state index contributed by atoms with van der Waals surface area (Å²) in [5, 5.41) is 3.53. The molecule has 0 atom stereocenters. The molecule has 110 valence electrons. The van der Waals surface area contributed by atoms with Gasteiger partial charge >= 0.3 is 0 Å². The van der Waals surface area contributed by atoms with Crippen molar-refractivity contribution >= 4 is 23.4 Å². The highest BCUT2D eigenvalue weighted by molar-refractivity contribution is 6.30. The fourth-order valence-corrected chi connectivity index (χ4v) is 1.97. The third-order valence-corrected chi connectivity index (χ3v) is 3.17. The number of carbonyl (C=O) groups excluding carboxylic acids is 2. The second-order valence-electron chi connectivity index (χ2n) is 4.67. The first kappa shape index (κ1) is 16.5. The summed E-state index contributed by atoms with van der Waals surface area (Å²) in [5.74, 6) is -0.192. The molecule has 5 heteroatoms. The van der Waals surface area contributed by atoms with E-state index in [0.717, 1.165) is 18.4 Å². The third-order valence-electron chi connectivity index (χ3n) is 2.92. The Morgan fingerprint density at radius 1 is 1.25 bits per heavy atom. The molecule has 2 amide bonds. The van der Waals surface area contributed by atoms with Gasteiger partial charge in [0, 0.05) is 25.0 Å². The molecule has 0 saturated carbocycles. The van der Waals surface area contributed by atoms with Crippen LogP contribution in [0.15, 0.2) is 24.3 Å². The molecule has 0 aliphatic rings. The normalized spacial score (nSPS) is 10.2. The highest BCUT2D eigenvalue weighted by atomic mass is 35.5. The number of carbonyl (C=O) groups is 2. The van der Waals surface area contributed by atoms with Gasteiger partial charge in [0.25, 0.3) is 0 Å². The predicted octanol–water partition coefficient (Wildman–Crippen LogP) is 2.26. The molecule has 0 aliphatic heterocycles. The molecule has 0 heterocycles. The van der Waals surface area contributed by atoms with Crippen molar-refractivity contribution in [2.45, 2.75) is 26.7 Å². The lowest BCUT2D eigenvalue weighted by molar-refractivity contribution is -0.134. The summed E-state index contributed by atoms with van der Waals surface area (Å²) in [4.78, 5) is 24.6. The number of hydrogen-bond acceptors (Lipinski definition) is 2. The van der Waals surface area contributed by atoms with E-state index in [1.807, 2.05) is 31.2 Å². The molecular formula is C15H21ClN2O2. The average molecular weight is 297 g/mol. The summed E-state index contributed by atoms with van der Waals surface area (Å²) in [6.07, 6.45) is 1.59. The van der Waals surface area contributed by atoms with Crippen molar-refractivity contribution in [1.29, 1.82) is 0 Å². The van der Waals surface area contributed by atoms with E-state index in [1.54, 1.807) is 4.90 Å². The predicted molar refractivity (Wildman–Crippen MR) is 80.7 cm³/mol. The van der Waals surface area contributed by atoms with Crippen LogP contribution in [0.25, 0.3) is 0 Å². The quantitative estimate of drug-likeness (QED) is 0.839. The molecule has 1 N–H and O–H groups in total. The number of rotatable bonds is 7. The van der Waals surface area contributed by atoms with Gasteiger partial charge in [-0.15, -0.1) is 0 Å². The van der Waals surface area contributed by atoms with E-state index in [9.17, 15) is 9.59 Å². The lowest BCUT2D eigenvalue weighted by atomic mass is 10.1. The number of amides is 2. The molecule has 0 bridgehead atoms. The molecule has 1 rings (SSSR count). The minimum absolute atomic E-state index is 0.0697. The topological polar surface area (TPSA) is 49.4 Å². The fraction of sp³-hybridized carbons (Fsp3) is 0.467. The van der Waals surface area contributed by atoms with Gasteiger partial charge in [0.1, 0.15) is 0 Å². The average Bonchev–Trinajstić information content (AvgIpc) is 2.40. The van der Waals surface area contributed by atoms with Crippen molar-refractivity contribution in [2.24, 2.45) is 0 Å². The van der Waals surface area contributed by atoms with Crippen molar-refractivity contribution in [3.8, 4) is 0 Å². The zero-order valence-electron chi connectivity index (χ0n) is 12.0. The SMILES string of the molecule is CCCN(CC(=O)NCCc1ccc(Cl)cc1)C(C)=O. The lowest BCUT2D eigenvalue weighted by Crippen LogP contribution is -2.40. The lowest BCUT2D eigenvalue weighted by Gasteiger charge is -2.19. The summed E-state index contributed by atoms with van der Waals surface area (Å²) in [7, 11) is 0. The first-order chi connectivity index (χ1) is 9.52. The van der Waals surface area contributed by atoms with Crippen molar-refractivity contribution in [3.63, 3.8) is 0 Å². The van der Waals surface area contributed by atoms with Gasteiger partial charge < -0.3 is 10.2 Å². The van der Waals surface area contributed by atoms with Crippen LogP contribution in [0, 0.1) is 0 Å². The first-order valence-electron chi connectivity index (χ1n) is 6.79. The van der Waals surface area contributed by atoms with E-state index in [2.05, 4.69) is 5.32 Å². The highest BCUT2D eigenvalue weighted by Gasteiger charge is 2.11. The van der Waals surface area contributed by atoms with Crippen LogP contribution in [0.4, 0.5) is 0 Å². The molecule has 1 aromatic carbocycles. The first-order valence-corrected chi connectivity index (χ1v) is 7.17. The maximum atomic E-state index is 11.8. The van der Waals surface area contributed by atoms with Gasteiger partial charge in [0.05, 0.1) is 6.54 Å². The van der Waals surface area contributed by atoms with Crippen LogP contribution >= 0.6 is 11.6 Å². The molecule has 4 nitrogen and oxygen atoms in total. The molecule has 0 aliphatic carbocycles. The molecule has 0 radical (unpaired) electrons. The van der Waals surface area contributed by atoms with Crippen molar-refractivity contribution in [2.75, 3.05) is 19.6 Å². The van der Waals surface area contributed by atoms with Crippen LogP contribution in [0.3, 0.4) is 0 Å². The molecule has 0 fully saturated rings. The van der Waals surface area contributed by atoms with Crippen molar-refractivity contribution in [3.05, 3.63) is 34.9 Å². The smallest absolute Gasteiger partial charge is 0.239 e. The van der Waals surface area contributed by atoms with Gasteiger partial charge in [-0.25, -0.2) is 0 Å². The molecule has 0 aromatic heterocycles. The van der Waals surface area contributed by atoms with Crippen LogP contribution in [0.5, 0.6) is 0 Å². The van der Waals surface area contributed by atoms with E-state index in [4.69, 9.17) is 11.6 Å². The summed E-state index contributed by atoms with van der Waals surface area (Å²) < 4.78 is 0. The van der Waals surface area contributed by atoms with E-state index < -0.39 is 0 Å². The zero-order valence-corrected chi connectivity index (χ0v) is 12.7. The second-order valence-corrected chi connectivity index (χ2v) is 5.10. The van der Waals surface area contributed by atoms with Gasteiger partial charge in [0.15, 0.2) is 0 Å². The van der Waals surface area contributed by atoms with E-state index in [-0.39, 0.29) is 18.4 Å². The zero-order chi connectivity index (χ0) is 15.0. The molecule has 1 aromatic rings. The monoisotopic (exact) mass is 296 g/mol. The minimum Gasteiger partial charge on any atom is -0.354 e. The van der Waals surface area contributed by atoms with Crippen molar-refractivity contribution in [1.82, 2.24) is 10.2 Å². The van der Waals surface area contributed by atoms with Crippen LogP contribution in [-0.2, 0) is 16.0 Å². The van der Waals surface area contributed by atoms with E-state index in [1.165, 1.54) is 6.92 Å². The Bertz CT molecular complexity index is 446. The Morgan fingerprint density at radius 3 is 2.45 bits per heavy atom. The van der Waals surface area contributed by atoms with Gasteiger partial charge in [-0.3, -0.25) is 9.59 Å². The van der Waals surface area contributed by atoms with Gasteiger partial charge in [0.2, 0.25) is 11.8 Å². The van der Waals surface area contributed by atoms with Crippen molar-refractivity contribution < 1.29 is 9.59 Å². The van der Waals surface area contributed by atoms with Crippen LogP contribution < -0.4 is 5.32 Å². The maximum Gasteiger partial charge on any atom is 0.239 e. The molecule has 0 saturated heterocycles. The Labute approximate surface area is 125 Å². The maximum absolute atomic E-state index is 11.8. The highest BCUT2D eigenvalue weighted by Crippen LogP contribution is 2.09. The van der Waals surface area contributed by atoms with Gasteiger partial charge in [-0.1, -0.05) is 30.7 Å². The fourth-order valence-electron chi connectivity index (χ4n) is 1.84.